The van der Waals surface area contributed by atoms with Crippen molar-refractivity contribution in [1.82, 2.24) is 0 Å². The van der Waals surface area contributed by atoms with Gasteiger partial charge in [0.15, 0.2) is 0 Å². The second-order valence-electron chi connectivity index (χ2n) is 43.1. The molecule has 14 aromatic carbocycles. The molecule has 0 aromatic heterocycles. The van der Waals surface area contributed by atoms with Gasteiger partial charge in [0.2, 0.25) is 0 Å². The molecule has 0 N–H and O–H groups in total. The minimum absolute atomic E-state index is 0.322. The van der Waals surface area contributed by atoms with Gasteiger partial charge in [-0.2, -0.15) is 0 Å². The smallest absolute Gasteiger partial charge is 0.112 e. The highest BCUT2D eigenvalue weighted by Gasteiger charge is 2.43. The lowest BCUT2D eigenvalue weighted by Gasteiger charge is -2.39. The van der Waals surface area contributed by atoms with Gasteiger partial charge in [-0.15, -0.1) is 16.4 Å². The van der Waals surface area contributed by atoms with Gasteiger partial charge >= 0.3 is 0 Å². The Hall–Kier alpha value is -6.18. The van der Waals surface area contributed by atoms with Crippen LogP contribution in [0.4, 0.5) is 0 Å². The molecule has 0 nitrogen and oxygen atoms in total. The lowest BCUT2D eigenvalue weighted by molar-refractivity contribution is 1.22. The predicted molar refractivity (Wildman–Crippen MR) is 693 cm³/mol. The highest BCUT2D eigenvalue weighted by molar-refractivity contribution is 7.88. The second-order valence-corrected chi connectivity index (χ2v) is 43.1. The van der Waals surface area contributed by atoms with Crippen molar-refractivity contribution < 1.29 is 0 Å². The third-order valence-electron chi connectivity index (χ3n) is 36.5. The van der Waals surface area contributed by atoms with Gasteiger partial charge in [0.25, 0.3) is 0 Å². The first-order chi connectivity index (χ1) is 67.0. The van der Waals surface area contributed by atoms with Crippen molar-refractivity contribution in [3.05, 3.63) is 195 Å². The molecule has 0 bridgehead atoms. The molecule has 0 atom stereocenters. The maximum Gasteiger partial charge on any atom is 0.113 e. The maximum absolute atomic E-state index is 7.60. The summed E-state index contributed by atoms with van der Waals surface area (Å²) in [5.41, 5.74) is 55.5. The average Bonchev–Trinajstić information content (AvgIpc) is 0.697. The minimum atomic E-state index is -1.09. The summed E-state index contributed by atoms with van der Waals surface area (Å²) < 4.78 is 0. The van der Waals surface area contributed by atoms with Crippen LogP contribution in [-0.4, -0.2) is 297 Å². The minimum Gasteiger partial charge on any atom is -0.112 e. The first-order valence-electron chi connectivity index (χ1n) is 50.8. The van der Waals surface area contributed by atoms with E-state index in [0.717, 1.165) is 115 Å². The van der Waals surface area contributed by atoms with Gasteiger partial charge in [0.1, 0.15) is 7.85 Å². The third kappa shape index (κ3) is 17.3. The number of fused-ring (bicyclic) bond motifs is 8. The second kappa shape index (κ2) is 42.5. The Labute approximate surface area is 905 Å². The van der Waals surface area contributed by atoms with E-state index in [4.69, 9.17) is 178 Å². The van der Waals surface area contributed by atoms with Crippen molar-refractivity contribution in [1.29, 1.82) is 0 Å². The lowest BCUT2D eigenvalue weighted by atomic mass is 8.68. The molecule has 0 amide bonds. The van der Waals surface area contributed by atoms with Crippen LogP contribution in [0.15, 0.2) is 0 Å². The molecule has 14 aromatic rings. The van der Waals surface area contributed by atoms with Crippen LogP contribution in [0.5, 0.6) is 0 Å². The first-order valence-corrected chi connectivity index (χ1v) is 50.8. The third-order valence-corrected chi connectivity index (χ3v) is 36.5. The van der Waals surface area contributed by atoms with Gasteiger partial charge in [-0.1, -0.05) is 49.5 Å². The number of benzene rings is 14. The SMILES string of the molecule is [B][B]B(B([B])[B])c1c(B(B([B])[B])B([B])[B])c(C)c2c(C)c(C)c(-c3c4c(C)c(C)c(C)c(C)c4c(C)c4c(-c5c(C)c(C)c(C)c6c(C)c(C)c(C)c(C)c56)c(C)c(C)c(C)c34)c(B([B])[B][B])c2c1B([B])B([B])[B].[B][B]B([B])B(B([B])[B])c1c(C)c(C)c(B([B])B([B])[B])c2c(-c3c4c(C)c(C)c(C)c(C)c4c(C)c4c(-c5c(C)c(C)c(C)c6c(C)c(C)c(C)c(C)c56)c(C)c(C)c(C)c34)c(B([B])[B])c([B][B])c([B])c12. The molecule has 0 heterocycles. The molecule has 0 aliphatic carbocycles. The quantitative estimate of drug-likeness (QED) is 0.0507. The molecule has 0 saturated carbocycles. The summed E-state index contributed by atoms with van der Waals surface area (Å²) in [5.74, 6) is 0. The molecule has 0 saturated heterocycles. The van der Waals surface area contributed by atoms with Crippen LogP contribution in [0.1, 0.15) is 195 Å². The summed E-state index contributed by atoms with van der Waals surface area (Å²) in [6.45, 7) is 72.2. The summed E-state index contributed by atoms with van der Waals surface area (Å²) in [6.07, 6.45) is -6.86. The monoisotopic (exact) mass is 1790 g/mol. The summed E-state index contributed by atoms with van der Waals surface area (Å²) in [5, 5.41) is 17.2. The molecule has 0 aliphatic heterocycles. The summed E-state index contributed by atoms with van der Waals surface area (Å²) in [7, 11) is 164. The molecular formula is C103H105B41. The Kier molecular flexibility index (Phi) is 33.9. The van der Waals surface area contributed by atoms with E-state index < -0.39 is 90.2 Å². The maximum atomic E-state index is 7.60. The number of aryl methyl sites for hydroxylation is 16. The fraction of sp³-hybridized carbons (Fsp3) is 0.340. The van der Waals surface area contributed by atoms with Gasteiger partial charge < -0.3 is 0 Å². The van der Waals surface area contributed by atoms with Crippen molar-refractivity contribution >= 4 is 432 Å². The Balaban J connectivity index is 0.000000242. The van der Waals surface area contributed by atoms with E-state index in [0.29, 0.717) is 49.0 Å². The molecule has 0 aliphatic rings. The molecule has 0 unspecified atom stereocenters. The number of rotatable bonds is 22. The zero-order valence-corrected chi connectivity index (χ0v) is 92.7. The van der Waals surface area contributed by atoms with E-state index in [-0.39, 0.29) is 0 Å². The van der Waals surface area contributed by atoms with Crippen molar-refractivity contribution in [3.8, 4) is 44.5 Å². The molecule has 0 spiro atoms. The van der Waals surface area contributed by atoms with Gasteiger partial charge in [-0.25, -0.2) is 0 Å². The molecular weight excluding hydrogens is 1680 g/mol. The molecule has 0 fully saturated rings. The van der Waals surface area contributed by atoms with Crippen LogP contribution < -0.4 is 49.2 Å². The number of hydrogen-bond donors (Lipinski definition) is 0. The summed E-state index contributed by atoms with van der Waals surface area (Å²) >= 11 is 0. The standard InChI is InChI=1S/C52H54B22.C51H51B19/c1-19-21(3)28(10)40-37(25(19)7)27(9)23(5)30(12)42(40)43-31(13)24(6)32(14)44-45(43)35(17)38-26(8)20(2)22(4)29(11)41(38)47(44)46-34(16)33(15)39-36(18)49(70(73(61)62)74(63)64)52(69(66-54)72(59)60)51(68(56)71(57)58)48(39)50(46)67(55)65-53;1-18-20(3)27(10)37-35(24(18)7)26(9)22(5)29(12)39(37)40-30(13)23(6)31(14)41-42(40)34(17)36-25(8)19(2)21(4)28(11)38(36)43(41)44-45-46(47(52)48(63-53)51(44)65(55)56)50(67(69(60)61)70(62)64-54)33(16)32(15)49(45)66(57)68(58)59/h1-18H3;1-17H3. The van der Waals surface area contributed by atoms with Crippen LogP contribution in [0.3, 0.4) is 0 Å². The van der Waals surface area contributed by atoms with Gasteiger partial charge in [0, 0.05) is 236 Å². The van der Waals surface area contributed by atoms with E-state index >= 15 is 0 Å². The van der Waals surface area contributed by atoms with Crippen LogP contribution in [0.25, 0.3) is 131 Å². The van der Waals surface area contributed by atoms with Crippen LogP contribution in [0.2, 0.25) is 0 Å². The van der Waals surface area contributed by atoms with Crippen molar-refractivity contribution in [2.45, 2.75) is 242 Å². The van der Waals surface area contributed by atoms with Gasteiger partial charge in [-0.05, 0) is 551 Å². The summed E-state index contributed by atoms with van der Waals surface area (Å²) in [6, 6.07) is 0. The molecule has 144 heavy (non-hydrogen) atoms. The Morgan fingerprint density at radius 3 is 0.722 bits per heavy atom. The largest absolute Gasteiger partial charge is 0.113 e. The topological polar surface area (TPSA) is 0 Å². The lowest BCUT2D eigenvalue weighted by Crippen LogP contribution is -2.74. The van der Waals surface area contributed by atoms with Crippen molar-refractivity contribution in [2.75, 3.05) is 0 Å². The van der Waals surface area contributed by atoms with E-state index in [1.165, 1.54) is 232 Å². The Morgan fingerprint density at radius 2 is 0.431 bits per heavy atom. The van der Waals surface area contributed by atoms with Crippen LogP contribution in [-0.2, 0) is 0 Å². The fourth-order valence-electron chi connectivity index (χ4n) is 26.2. The molecule has 41 heteroatoms. The van der Waals surface area contributed by atoms with Crippen molar-refractivity contribution in [2.24, 2.45) is 0 Å². The zero-order chi connectivity index (χ0) is 108. The zero-order valence-electron chi connectivity index (χ0n) is 92.7. The average molecular weight is 1790 g/mol. The molecule has 50 radical (unpaired) electrons. The first kappa shape index (κ1) is 115. The Morgan fingerprint density at radius 1 is 0.167 bits per heavy atom. The molecule has 14 rings (SSSR count). The van der Waals surface area contributed by atoms with E-state index in [2.05, 4.69) is 222 Å². The fourth-order valence-corrected chi connectivity index (χ4v) is 26.2. The normalized spacial score (nSPS) is 11.5. The van der Waals surface area contributed by atoms with Crippen molar-refractivity contribution in [3.63, 3.8) is 0 Å². The van der Waals surface area contributed by atoms with E-state index in [1.807, 2.05) is 20.8 Å². The summed E-state index contributed by atoms with van der Waals surface area (Å²) in [4.78, 5) is 0. The van der Waals surface area contributed by atoms with E-state index in [1.54, 1.807) is 7.06 Å². The highest BCUT2D eigenvalue weighted by Crippen LogP contribution is 2.57. The highest BCUT2D eigenvalue weighted by atomic mass is 14.4. The van der Waals surface area contributed by atoms with Crippen LogP contribution >= 0.6 is 0 Å². The van der Waals surface area contributed by atoms with E-state index in [9.17, 15) is 0 Å². The Bertz CT molecular complexity index is 7820. The molecule has 640 valence electrons. The predicted octanol–water partition coefficient (Wildman–Crippen LogP) is 7.02. The van der Waals surface area contributed by atoms with Gasteiger partial charge in [0.05, 0.1) is 52.6 Å². The van der Waals surface area contributed by atoms with Crippen LogP contribution in [0, 0.1) is 242 Å². The number of hydrogen-bond acceptors (Lipinski definition) is 0. The van der Waals surface area contributed by atoms with Gasteiger partial charge in [-0.3, -0.25) is 0 Å².